The molecule has 2 aromatic heterocycles. The molecule has 0 radical (unpaired) electrons. The number of hydrazone groups is 1. The Labute approximate surface area is 217 Å². The summed E-state index contributed by atoms with van der Waals surface area (Å²) >= 11 is 0. The Morgan fingerprint density at radius 2 is 1.97 bits per heavy atom. The normalized spacial score (nSPS) is 15.9. The number of hydrogen-bond acceptors (Lipinski definition) is 13. The van der Waals surface area contributed by atoms with E-state index in [-0.39, 0.29) is 34.6 Å². The summed E-state index contributed by atoms with van der Waals surface area (Å²) in [6.07, 6.45) is 4.63. The number of esters is 1. The van der Waals surface area contributed by atoms with E-state index < -0.39 is 11.9 Å². The van der Waals surface area contributed by atoms with Crippen LogP contribution in [0.25, 0.3) is 5.82 Å². The number of likely N-dealkylation sites (tertiary alicyclic amines) is 1. The Kier molecular flexibility index (Phi) is 8.15. The van der Waals surface area contributed by atoms with Crippen LogP contribution >= 0.6 is 0 Å². The second-order valence-electron chi connectivity index (χ2n) is 8.63. The van der Waals surface area contributed by atoms with E-state index in [2.05, 4.69) is 43.0 Å². The minimum atomic E-state index is -0.586. The summed E-state index contributed by atoms with van der Waals surface area (Å²) in [5.41, 5.74) is 9.39. The Hall–Kier alpha value is -4.53. The molecule has 1 aromatic carbocycles. The fraction of sp³-hybridized carbons (Fsp3) is 0.435. The zero-order valence-electron chi connectivity index (χ0n) is 21.5. The van der Waals surface area contributed by atoms with Gasteiger partial charge in [-0.3, -0.25) is 14.5 Å². The molecule has 38 heavy (non-hydrogen) atoms. The highest BCUT2D eigenvalue weighted by Gasteiger charge is 2.28. The van der Waals surface area contributed by atoms with Crippen molar-refractivity contribution in [3.8, 4) is 23.1 Å². The third-order valence-corrected chi connectivity index (χ3v) is 6.08. The predicted octanol–water partition coefficient (Wildman–Crippen LogP) is 1.31. The maximum atomic E-state index is 13.1. The van der Waals surface area contributed by atoms with Crippen LogP contribution in [0.2, 0.25) is 0 Å². The van der Waals surface area contributed by atoms with Crippen molar-refractivity contribution in [3.05, 3.63) is 29.1 Å². The van der Waals surface area contributed by atoms with Gasteiger partial charge in [0.15, 0.2) is 17.2 Å². The van der Waals surface area contributed by atoms with Crippen molar-refractivity contribution >= 4 is 23.9 Å². The predicted molar refractivity (Wildman–Crippen MR) is 133 cm³/mol. The average Bonchev–Trinajstić information content (AvgIpc) is 3.51. The van der Waals surface area contributed by atoms with Crippen molar-refractivity contribution in [3.63, 3.8) is 0 Å². The summed E-state index contributed by atoms with van der Waals surface area (Å²) in [5.74, 6) is -0.295. The van der Waals surface area contributed by atoms with Crippen molar-refractivity contribution in [2.24, 2.45) is 5.10 Å². The number of ether oxygens (including phenoxy) is 3. The molecule has 0 saturated carbocycles. The SMILES string of the molecule is COc1cc(/C=N/NC(=O)c2nnn(-c3nonc3N)c2CN2CCCC[C@@H]2C)cc(OC)c1OC(C)=O. The van der Waals surface area contributed by atoms with Gasteiger partial charge in [0.2, 0.25) is 17.4 Å². The van der Waals surface area contributed by atoms with Crippen LogP contribution in [0.4, 0.5) is 5.82 Å². The summed E-state index contributed by atoms with van der Waals surface area (Å²) in [5, 5.41) is 19.6. The second-order valence-corrected chi connectivity index (χ2v) is 8.63. The van der Waals surface area contributed by atoms with Gasteiger partial charge < -0.3 is 19.9 Å². The molecule has 0 bridgehead atoms. The third kappa shape index (κ3) is 5.72. The van der Waals surface area contributed by atoms with E-state index in [0.717, 1.165) is 25.8 Å². The minimum absolute atomic E-state index is 0.0212. The number of carbonyl (C=O) groups excluding carboxylic acids is 2. The largest absolute Gasteiger partial charge is 0.493 e. The van der Waals surface area contributed by atoms with E-state index in [9.17, 15) is 9.59 Å². The number of nitrogens with two attached hydrogens (primary N) is 1. The molecule has 1 atom stereocenters. The zero-order chi connectivity index (χ0) is 27.2. The van der Waals surface area contributed by atoms with Crippen molar-refractivity contribution < 1.29 is 28.4 Å². The molecule has 15 nitrogen and oxygen atoms in total. The molecule has 3 aromatic rings. The minimum Gasteiger partial charge on any atom is -0.493 e. The number of carbonyl (C=O) groups is 2. The first-order valence-electron chi connectivity index (χ1n) is 11.9. The summed E-state index contributed by atoms with van der Waals surface area (Å²) in [4.78, 5) is 26.8. The van der Waals surface area contributed by atoms with Gasteiger partial charge in [-0.1, -0.05) is 11.6 Å². The average molecular weight is 528 g/mol. The van der Waals surface area contributed by atoms with E-state index in [1.54, 1.807) is 12.1 Å². The molecule has 1 amide bonds. The molecular formula is C23H29N9O6. The van der Waals surface area contributed by atoms with Crippen molar-refractivity contribution in [2.75, 3.05) is 26.5 Å². The van der Waals surface area contributed by atoms with Crippen LogP contribution < -0.4 is 25.4 Å². The first-order chi connectivity index (χ1) is 18.3. The maximum Gasteiger partial charge on any atom is 0.308 e. The molecule has 1 fully saturated rings. The Bertz CT molecular complexity index is 1310. The van der Waals surface area contributed by atoms with Gasteiger partial charge in [-0.2, -0.15) is 9.78 Å². The Morgan fingerprint density at radius 3 is 2.58 bits per heavy atom. The summed E-state index contributed by atoms with van der Waals surface area (Å²) in [6, 6.07) is 3.47. The number of hydrogen-bond donors (Lipinski definition) is 2. The lowest BCUT2D eigenvalue weighted by molar-refractivity contribution is -0.132. The van der Waals surface area contributed by atoms with Gasteiger partial charge in [-0.05, 0) is 48.8 Å². The van der Waals surface area contributed by atoms with Crippen LogP contribution in [0.15, 0.2) is 21.9 Å². The highest BCUT2D eigenvalue weighted by atomic mass is 16.6. The van der Waals surface area contributed by atoms with Gasteiger partial charge in [0, 0.05) is 25.1 Å². The van der Waals surface area contributed by atoms with Crippen molar-refractivity contribution in [1.29, 1.82) is 0 Å². The van der Waals surface area contributed by atoms with E-state index in [4.69, 9.17) is 24.6 Å². The lowest BCUT2D eigenvalue weighted by Gasteiger charge is -2.33. The molecule has 0 spiro atoms. The smallest absolute Gasteiger partial charge is 0.308 e. The number of methoxy groups -OCH3 is 2. The number of aromatic nitrogens is 5. The van der Waals surface area contributed by atoms with E-state index in [0.29, 0.717) is 23.8 Å². The van der Waals surface area contributed by atoms with Crippen LogP contribution in [0.1, 0.15) is 54.9 Å². The molecule has 3 heterocycles. The molecule has 4 rings (SSSR count). The molecular weight excluding hydrogens is 498 g/mol. The van der Waals surface area contributed by atoms with Crippen LogP contribution in [0.5, 0.6) is 17.2 Å². The molecule has 0 aliphatic carbocycles. The van der Waals surface area contributed by atoms with Gasteiger partial charge >= 0.3 is 5.97 Å². The van der Waals surface area contributed by atoms with E-state index in [1.165, 1.54) is 32.0 Å². The Morgan fingerprint density at radius 1 is 1.24 bits per heavy atom. The van der Waals surface area contributed by atoms with Gasteiger partial charge in [-0.25, -0.2) is 10.1 Å². The van der Waals surface area contributed by atoms with Crippen molar-refractivity contribution in [2.45, 2.75) is 45.7 Å². The molecule has 1 aliphatic rings. The summed E-state index contributed by atoms with van der Waals surface area (Å²) in [7, 11) is 2.85. The number of nitrogens with zero attached hydrogens (tertiary/aromatic N) is 7. The van der Waals surface area contributed by atoms with Crippen LogP contribution in [0.3, 0.4) is 0 Å². The van der Waals surface area contributed by atoms with Crippen molar-refractivity contribution in [1.82, 2.24) is 35.6 Å². The summed E-state index contributed by atoms with van der Waals surface area (Å²) < 4.78 is 21.9. The first kappa shape index (κ1) is 26.5. The Balaban J connectivity index is 1.58. The monoisotopic (exact) mass is 527 g/mol. The quantitative estimate of drug-likeness (QED) is 0.176. The number of benzene rings is 1. The molecule has 1 saturated heterocycles. The fourth-order valence-corrected chi connectivity index (χ4v) is 4.15. The lowest BCUT2D eigenvalue weighted by Crippen LogP contribution is -2.38. The van der Waals surface area contributed by atoms with E-state index >= 15 is 0 Å². The number of amides is 1. The maximum absolute atomic E-state index is 13.1. The molecule has 15 heteroatoms. The van der Waals surface area contributed by atoms with Crippen LogP contribution in [0, 0.1) is 0 Å². The third-order valence-electron chi connectivity index (χ3n) is 6.08. The fourth-order valence-electron chi connectivity index (χ4n) is 4.15. The van der Waals surface area contributed by atoms with Crippen LogP contribution in [-0.2, 0) is 11.3 Å². The zero-order valence-corrected chi connectivity index (χ0v) is 21.5. The topological polar surface area (TPSA) is 185 Å². The van der Waals surface area contributed by atoms with Gasteiger partial charge in [0.1, 0.15) is 0 Å². The molecule has 1 aliphatic heterocycles. The lowest BCUT2D eigenvalue weighted by atomic mass is 10.0. The number of nitrogens with one attached hydrogen (secondary N) is 1. The van der Waals surface area contributed by atoms with Crippen LogP contribution in [-0.4, -0.2) is 75.1 Å². The van der Waals surface area contributed by atoms with E-state index in [1.807, 2.05) is 0 Å². The first-order valence-corrected chi connectivity index (χ1v) is 11.9. The number of rotatable bonds is 9. The van der Waals surface area contributed by atoms with Gasteiger partial charge in [0.05, 0.1) is 26.1 Å². The highest BCUT2D eigenvalue weighted by Crippen LogP contribution is 2.38. The number of piperidine rings is 1. The number of nitrogen functional groups attached to an aromatic ring is 1. The molecule has 0 unspecified atom stereocenters. The molecule has 3 N–H and O–H groups in total. The summed E-state index contributed by atoms with van der Waals surface area (Å²) in [6.45, 7) is 4.66. The standard InChI is InChI=1S/C23H29N9O6/c1-13-7-5-6-8-31(13)12-16-19(26-30-32(16)22-21(24)28-38-29-22)23(34)27-25-11-15-9-17(35-3)20(37-14(2)33)18(10-15)36-4/h9-11,13H,5-8,12H2,1-4H3,(H2,24,28)(H,27,34)/b25-11+/t13-/m0/s1. The van der Waals surface area contributed by atoms with Gasteiger partial charge in [-0.15, -0.1) is 5.10 Å². The second kappa shape index (κ2) is 11.7. The highest BCUT2D eigenvalue weighted by molar-refractivity contribution is 5.94. The number of anilines is 1. The molecule has 202 valence electrons. The van der Waals surface area contributed by atoms with Gasteiger partial charge in [0.25, 0.3) is 5.91 Å².